The molecule has 0 saturated carbocycles. The molecule has 2 aromatic rings. The van der Waals surface area contributed by atoms with E-state index in [1.807, 2.05) is 57.2 Å². The second-order valence-corrected chi connectivity index (χ2v) is 6.22. The second-order valence-electron chi connectivity index (χ2n) is 5.42. The van der Waals surface area contributed by atoms with E-state index >= 15 is 0 Å². The number of nitrogens with one attached hydrogen (secondary N) is 1. The largest absolute Gasteiger partial charge is 0.484 e. The third kappa shape index (κ3) is 4.60. The van der Waals surface area contributed by atoms with Gasteiger partial charge in [-0.15, -0.1) is 0 Å². The standard InChI is InChI=1S/C18H20BrNO2/c1-12-4-6-15(7-5-12)10-20-17(21)11-22-16-8-13(2)18(19)14(3)9-16/h4-9H,10-11H2,1-3H3,(H,20,21). The first-order valence-electron chi connectivity index (χ1n) is 7.17. The van der Waals surface area contributed by atoms with Gasteiger partial charge < -0.3 is 10.1 Å². The summed E-state index contributed by atoms with van der Waals surface area (Å²) in [5, 5.41) is 2.86. The van der Waals surface area contributed by atoms with E-state index in [-0.39, 0.29) is 12.5 Å². The van der Waals surface area contributed by atoms with Crippen LogP contribution in [0.15, 0.2) is 40.9 Å². The second kappa shape index (κ2) is 7.45. The molecule has 0 atom stereocenters. The number of hydrogen-bond acceptors (Lipinski definition) is 2. The first-order chi connectivity index (χ1) is 10.5. The minimum absolute atomic E-state index is 0.0202. The molecular weight excluding hydrogens is 342 g/mol. The van der Waals surface area contributed by atoms with Crippen LogP contribution in [-0.4, -0.2) is 12.5 Å². The van der Waals surface area contributed by atoms with Crippen LogP contribution in [0.1, 0.15) is 22.3 Å². The minimum Gasteiger partial charge on any atom is -0.484 e. The number of amides is 1. The number of rotatable bonds is 5. The Hall–Kier alpha value is -1.81. The van der Waals surface area contributed by atoms with Crippen LogP contribution in [0.25, 0.3) is 0 Å². The molecule has 0 aromatic heterocycles. The SMILES string of the molecule is Cc1ccc(CNC(=O)COc2cc(C)c(Br)c(C)c2)cc1. The molecule has 0 aliphatic rings. The molecule has 1 amide bonds. The molecule has 22 heavy (non-hydrogen) atoms. The maximum atomic E-state index is 11.8. The van der Waals surface area contributed by atoms with Crippen molar-refractivity contribution in [2.45, 2.75) is 27.3 Å². The Morgan fingerprint density at radius 1 is 1.09 bits per heavy atom. The molecule has 0 radical (unpaired) electrons. The van der Waals surface area contributed by atoms with E-state index in [0.29, 0.717) is 12.3 Å². The predicted molar refractivity (Wildman–Crippen MR) is 92.1 cm³/mol. The van der Waals surface area contributed by atoms with Crippen LogP contribution >= 0.6 is 15.9 Å². The Labute approximate surface area is 139 Å². The van der Waals surface area contributed by atoms with E-state index in [1.54, 1.807) is 0 Å². The smallest absolute Gasteiger partial charge is 0.258 e. The third-order valence-corrected chi connectivity index (χ3v) is 4.64. The van der Waals surface area contributed by atoms with Crippen molar-refractivity contribution in [2.75, 3.05) is 6.61 Å². The summed E-state index contributed by atoms with van der Waals surface area (Å²) in [7, 11) is 0. The fourth-order valence-corrected chi connectivity index (χ4v) is 2.32. The van der Waals surface area contributed by atoms with Crippen LogP contribution in [-0.2, 0) is 11.3 Å². The Kier molecular flexibility index (Phi) is 5.61. The zero-order valence-electron chi connectivity index (χ0n) is 13.1. The van der Waals surface area contributed by atoms with Crippen LogP contribution in [0.2, 0.25) is 0 Å². The predicted octanol–water partition coefficient (Wildman–Crippen LogP) is 4.07. The van der Waals surface area contributed by atoms with Crippen molar-refractivity contribution >= 4 is 21.8 Å². The number of carbonyl (C=O) groups excluding carboxylic acids is 1. The minimum atomic E-state index is -0.126. The molecule has 0 aliphatic carbocycles. The topological polar surface area (TPSA) is 38.3 Å². The highest BCUT2D eigenvalue weighted by atomic mass is 79.9. The average molecular weight is 362 g/mol. The third-order valence-electron chi connectivity index (χ3n) is 3.39. The zero-order valence-corrected chi connectivity index (χ0v) is 14.7. The zero-order chi connectivity index (χ0) is 16.1. The number of aryl methyl sites for hydroxylation is 3. The van der Waals surface area contributed by atoms with Gasteiger partial charge in [-0.1, -0.05) is 45.8 Å². The quantitative estimate of drug-likeness (QED) is 0.871. The average Bonchev–Trinajstić information content (AvgIpc) is 2.50. The van der Waals surface area contributed by atoms with E-state index in [2.05, 4.69) is 21.2 Å². The normalized spacial score (nSPS) is 10.4. The fraction of sp³-hybridized carbons (Fsp3) is 0.278. The van der Waals surface area contributed by atoms with Gasteiger partial charge in [0.15, 0.2) is 6.61 Å². The molecule has 0 saturated heterocycles. The van der Waals surface area contributed by atoms with Gasteiger partial charge in [0.1, 0.15) is 5.75 Å². The van der Waals surface area contributed by atoms with Gasteiger partial charge in [0.25, 0.3) is 5.91 Å². The monoisotopic (exact) mass is 361 g/mol. The van der Waals surface area contributed by atoms with E-state index in [1.165, 1.54) is 5.56 Å². The Bertz CT molecular complexity index is 642. The lowest BCUT2D eigenvalue weighted by Gasteiger charge is -2.10. The molecule has 1 N–H and O–H groups in total. The van der Waals surface area contributed by atoms with E-state index in [0.717, 1.165) is 21.2 Å². The molecule has 2 rings (SSSR count). The summed E-state index contributed by atoms with van der Waals surface area (Å²) in [6.45, 7) is 6.58. The molecule has 0 spiro atoms. The van der Waals surface area contributed by atoms with Crippen molar-refractivity contribution in [1.29, 1.82) is 0 Å². The van der Waals surface area contributed by atoms with Gasteiger partial charge in [0.05, 0.1) is 0 Å². The molecule has 0 fully saturated rings. The van der Waals surface area contributed by atoms with Gasteiger partial charge >= 0.3 is 0 Å². The molecule has 116 valence electrons. The summed E-state index contributed by atoms with van der Waals surface area (Å²) >= 11 is 3.51. The lowest BCUT2D eigenvalue weighted by molar-refractivity contribution is -0.123. The van der Waals surface area contributed by atoms with Gasteiger partial charge in [0, 0.05) is 11.0 Å². The summed E-state index contributed by atoms with van der Waals surface area (Å²) in [5.41, 5.74) is 4.47. The fourth-order valence-electron chi connectivity index (χ4n) is 2.10. The Morgan fingerprint density at radius 3 is 2.27 bits per heavy atom. The lowest BCUT2D eigenvalue weighted by atomic mass is 10.1. The molecule has 0 bridgehead atoms. The number of hydrogen-bond donors (Lipinski definition) is 1. The van der Waals surface area contributed by atoms with Gasteiger partial charge in [-0.25, -0.2) is 0 Å². The number of ether oxygens (including phenoxy) is 1. The van der Waals surface area contributed by atoms with E-state index in [4.69, 9.17) is 4.74 Å². The lowest BCUT2D eigenvalue weighted by Crippen LogP contribution is -2.28. The molecule has 3 nitrogen and oxygen atoms in total. The molecular formula is C18H20BrNO2. The highest BCUT2D eigenvalue weighted by Gasteiger charge is 2.06. The molecule has 2 aromatic carbocycles. The molecule has 0 aliphatic heterocycles. The van der Waals surface area contributed by atoms with Crippen LogP contribution < -0.4 is 10.1 Å². The Morgan fingerprint density at radius 2 is 1.68 bits per heavy atom. The number of halogens is 1. The van der Waals surface area contributed by atoms with Crippen LogP contribution in [0.5, 0.6) is 5.75 Å². The van der Waals surface area contributed by atoms with Gasteiger partial charge in [0.2, 0.25) is 0 Å². The first-order valence-corrected chi connectivity index (χ1v) is 7.97. The number of benzene rings is 2. The van der Waals surface area contributed by atoms with Gasteiger partial charge in [-0.05, 0) is 49.6 Å². The Balaban J connectivity index is 1.84. The van der Waals surface area contributed by atoms with Crippen LogP contribution in [0.4, 0.5) is 0 Å². The van der Waals surface area contributed by atoms with Crippen molar-refractivity contribution in [3.05, 3.63) is 63.1 Å². The first kappa shape index (κ1) is 16.6. The van der Waals surface area contributed by atoms with Gasteiger partial charge in [-0.3, -0.25) is 4.79 Å². The molecule has 0 unspecified atom stereocenters. The van der Waals surface area contributed by atoms with E-state index < -0.39 is 0 Å². The van der Waals surface area contributed by atoms with Crippen molar-refractivity contribution in [2.24, 2.45) is 0 Å². The summed E-state index contributed by atoms with van der Waals surface area (Å²) < 4.78 is 6.63. The van der Waals surface area contributed by atoms with Crippen molar-refractivity contribution in [3.8, 4) is 5.75 Å². The maximum absolute atomic E-state index is 11.8. The van der Waals surface area contributed by atoms with Crippen molar-refractivity contribution < 1.29 is 9.53 Å². The van der Waals surface area contributed by atoms with Crippen LogP contribution in [0, 0.1) is 20.8 Å². The molecule has 4 heteroatoms. The summed E-state index contributed by atoms with van der Waals surface area (Å²) in [5.74, 6) is 0.586. The highest BCUT2D eigenvalue weighted by Crippen LogP contribution is 2.26. The van der Waals surface area contributed by atoms with Gasteiger partial charge in [-0.2, -0.15) is 0 Å². The van der Waals surface area contributed by atoms with Crippen molar-refractivity contribution in [1.82, 2.24) is 5.32 Å². The van der Waals surface area contributed by atoms with Crippen LogP contribution in [0.3, 0.4) is 0 Å². The number of carbonyl (C=O) groups is 1. The summed E-state index contributed by atoms with van der Waals surface area (Å²) in [4.78, 5) is 11.8. The van der Waals surface area contributed by atoms with Crippen molar-refractivity contribution in [3.63, 3.8) is 0 Å². The maximum Gasteiger partial charge on any atom is 0.258 e. The highest BCUT2D eigenvalue weighted by molar-refractivity contribution is 9.10. The van der Waals surface area contributed by atoms with E-state index in [9.17, 15) is 4.79 Å². The molecule has 0 heterocycles. The summed E-state index contributed by atoms with van der Waals surface area (Å²) in [6, 6.07) is 11.9. The summed E-state index contributed by atoms with van der Waals surface area (Å²) in [6.07, 6.45) is 0.